The fraction of sp³-hybridized carbons (Fsp3) is 0.500. The molecular formula is C12H18N2O2S. The van der Waals surface area contributed by atoms with Gasteiger partial charge in [-0.2, -0.15) is 0 Å². The standard InChI is InChI=1S/C12H18N2O2S/c13-7-11-3-1-2-4-12(11)9-17(15,16)14-8-10-5-6-10/h1-4,10,14H,5-9,13H2. The Hall–Kier alpha value is -0.910. The van der Waals surface area contributed by atoms with Crippen LogP contribution in [0.25, 0.3) is 0 Å². The van der Waals surface area contributed by atoms with E-state index in [0.717, 1.165) is 24.0 Å². The molecule has 0 bridgehead atoms. The van der Waals surface area contributed by atoms with E-state index in [9.17, 15) is 8.42 Å². The average molecular weight is 254 g/mol. The van der Waals surface area contributed by atoms with Crippen LogP contribution in [-0.4, -0.2) is 15.0 Å². The first kappa shape index (κ1) is 12.5. The molecule has 0 aromatic heterocycles. The maximum absolute atomic E-state index is 11.8. The van der Waals surface area contributed by atoms with Crippen molar-refractivity contribution in [2.45, 2.75) is 25.1 Å². The molecule has 0 aliphatic heterocycles. The van der Waals surface area contributed by atoms with Crippen LogP contribution in [0.5, 0.6) is 0 Å². The first-order chi connectivity index (χ1) is 8.11. The molecule has 1 fully saturated rings. The Kier molecular flexibility index (Phi) is 3.81. The summed E-state index contributed by atoms with van der Waals surface area (Å²) in [4.78, 5) is 0. The van der Waals surface area contributed by atoms with Gasteiger partial charge in [0, 0.05) is 13.1 Å². The van der Waals surface area contributed by atoms with Gasteiger partial charge in [-0.05, 0) is 29.9 Å². The van der Waals surface area contributed by atoms with Crippen LogP contribution in [0, 0.1) is 5.92 Å². The first-order valence-corrected chi connectivity index (χ1v) is 7.50. The van der Waals surface area contributed by atoms with Crippen molar-refractivity contribution in [2.24, 2.45) is 11.7 Å². The molecule has 0 unspecified atom stereocenters. The van der Waals surface area contributed by atoms with Crippen molar-refractivity contribution in [3.63, 3.8) is 0 Å². The molecule has 0 spiro atoms. The van der Waals surface area contributed by atoms with Crippen LogP contribution in [0.2, 0.25) is 0 Å². The number of hydrogen-bond acceptors (Lipinski definition) is 3. The monoisotopic (exact) mass is 254 g/mol. The Morgan fingerprint density at radius 1 is 1.24 bits per heavy atom. The van der Waals surface area contributed by atoms with Gasteiger partial charge in [0.05, 0.1) is 5.75 Å². The Labute approximate surface area is 102 Å². The molecule has 17 heavy (non-hydrogen) atoms. The lowest BCUT2D eigenvalue weighted by Gasteiger charge is -2.09. The number of benzene rings is 1. The number of nitrogens with two attached hydrogens (primary N) is 1. The van der Waals surface area contributed by atoms with Crippen LogP contribution in [0.15, 0.2) is 24.3 Å². The SMILES string of the molecule is NCc1ccccc1CS(=O)(=O)NCC1CC1. The van der Waals surface area contributed by atoms with E-state index in [1.807, 2.05) is 24.3 Å². The lowest BCUT2D eigenvalue weighted by Crippen LogP contribution is -2.27. The Morgan fingerprint density at radius 2 is 1.88 bits per heavy atom. The van der Waals surface area contributed by atoms with Crippen LogP contribution in [-0.2, 0) is 22.3 Å². The van der Waals surface area contributed by atoms with Crippen LogP contribution >= 0.6 is 0 Å². The summed E-state index contributed by atoms with van der Waals surface area (Å²) in [5.41, 5.74) is 7.27. The minimum Gasteiger partial charge on any atom is -0.326 e. The second-order valence-corrected chi connectivity index (χ2v) is 6.33. The van der Waals surface area contributed by atoms with E-state index in [4.69, 9.17) is 5.73 Å². The third-order valence-corrected chi connectivity index (χ3v) is 4.27. The summed E-state index contributed by atoms with van der Waals surface area (Å²) in [6.45, 7) is 0.946. The van der Waals surface area contributed by atoms with E-state index in [1.165, 1.54) is 0 Å². The minimum atomic E-state index is -3.23. The van der Waals surface area contributed by atoms with Crippen molar-refractivity contribution < 1.29 is 8.42 Å². The molecule has 1 saturated carbocycles. The maximum atomic E-state index is 11.8. The largest absolute Gasteiger partial charge is 0.326 e. The van der Waals surface area contributed by atoms with Crippen LogP contribution in [0.3, 0.4) is 0 Å². The van der Waals surface area contributed by atoms with Crippen LogP contribution in [0.4, 0.5) is 0 Å². The van der Waals surface area contributed by atoms with Gasteiger partial charge in [-0.15, -0.1) is 0 Å². The second-order valence-electron chi connectivity index (χ2n) is 4.52. The third-order valence-electron chi connectivity index (χ3n) is 2.97. The summed E-state index contributed by atoms with van der Waals surface area (Å²) in [7, 11) is -3.23. The topological polar surface area (TPSA) is 72.2 Å². The maximum Gasteiger partial charge on any atom is 0.215 e. The molecule has 0 amide bonds. The van der Waals surface area contributed by atoms with Crippen LogP contribution in [0.1, 0.15) is 24.0 Å². The molecule has 4 nitrogen and oxygen atoms in total. The van der Waals surface area contributed by atoms with E-state index in [0.29, 0.717) is 19.0 Å². The van der Waals surface area contributed by atoms with Crippen LogP contribution < -0.4 is 10.5 Å². The van der Waals surface area contributed by atoms with Gasteiger partial charge in [-0.1, -0.05) is 24.3 Å². The van der Waals surface area contributed by atoms with Crippen molar-refractivity contribution in [2.75, 3.05) is 6.54 Å². The second kappa shape index (κ2) is 5.16. The fourth-order valence-corrected chi connectivity index (χ4v) is 3.00. The lowest BCUT2D eigenvalue weighted by atomic mass is 10.1. The molecule has 0 atom stereocenters. The molecule has 94 valence electrons. The molecule has 0 saturated heterocycles. The third kappa shape index (κ3) is 3.80. The predicted molar refractivity (Wildman–Crippen MR) is 67.7 cm³/mol. The van der Waals surface area contributed by atoms with Crippen molar-refractivity contribution in [1.82, 2.24) is 4.72 Å². The Morgan fingerprint density at radius 3 is 2.47 bits per heavy atom. The summed E-state index contributed by atoms with van der Waals surface area (Å²) >= 11 is 0. The lowest BCUT2D eigenvalue weighted by molar-refractivity contribution is 0.576. The van der Waals surface area contributed by atoms with Gasteiger partial charge in [0.1, 0.15) is 0 Å². The smallest absolute Gasteiger partial charge is 0.215 e. The molecule has 1 aromatic carbocycles. The Balaban J connectivity index is 2.02. The van der Waals surface area contributed by atoms with E-state index in [-0.39, 0.29) is 5.75 Å². The van der Waals surface area contributed by atoms with Gasteiger partial charge >= 0.3 is 0 Å². The highest BCUT2D eigenvalue weighted by Crippen LogP contribution is 2.27. The van der Waals surface area contributed by atoms with Crippen molar-refractivity contribution in [3.05, 3.63) is 35.4 Å². The zero-order chi connectivity index (χ0) is 12.3. The van der Waals surface area contributed by atoms with Gasteiger partial charge in [-0.25, -0.2) is 13.1 Å². The molecule has 0 radical (unpaired) electrons. The Bertz CT molecular complexity index is 481. The van der Waals surface area contributed by atoms with E-state index < -0.39 is 10.0 Å². The van der Waals surface area contributed by atoms with Gasteiger partial charge < -0.3 is 5.73 Å². The number of sulfonamides is 1. The molecule has 1 aliphatic rings. The van der Waals surface area contributed by atoms with Gasteiger partial charge in [0.25, 0.3) is 0 Å². The molecule has 0 heterocycles. The van der Waals surface area contributed by atoms with Crippen molar-refractivity contribution in [1.29, 1.82) is 0 Å². The van der Waals surface area contributed by atoms with Gasteiger partial charge in [-0.3, -0.25) is 0 Å². The van der Waals surface area contributed by atoms with E-state index in [2.05, 4.69) is 4.72 Å². The molecule has 1 aliphatic carbocycles. The zero-order valence-corrected chi connectivity index (χ0v) is 10.5. The highest BCUT2D eigenvalue weighted by Gasteiger charge is 2.23. The minimum absolute atomic E-state index is 0.0209. The average Bonchev–Trinajstić information content (AvgIpc) is 3.11. The molecule has 3 N–H and O–H groups in total. The fourth-order valence-electron chi connectivity index (χ4n) is 1.72. The highest BCUT2D eigenvalue weighted by atomic mass is 32.2. The first-order valence-electron chi connectivity index (χ1n) is 5.85. The molecule has 1 aromatic rings. The summed E-state index contributed by atoms with van der Waals surface area (Å²) in [6, 6.07) is 7.39. The highest BCUT2D eigenvalue weighted by molar-refractivity contribution is 7.88. The van der Waals surface area contributed by atoms with Gasteiger partial charge in [0.2, 0.25) is 10.0 Å². The summed E-state index contributed by atoms with van der Waals surface area (Å²) < 4.78 is 26.3. The number of nitrogens with one attached hydrogen (secondary N) is 1. The van der Waals surface area contributed by atoms with E-state index in [1.54, 1.807) is 0 Å². The van der Waals surface area contributed by atoms with Gasteiger partial charge in [0.15, 0.2) is 0 Å². The summed E-state index contributed by atoms with van der Waals surface area (Å²) in [5.74, 6) is 0.571. The summed E-state index contributed by atoms with van der Waals surface area (Å²) in [5, 5.41) is 0. The molecule has 2 rings (SSSR count). The molecular weight excluding hydrogens is 236 g/mol. The summed E-state index contributed by atoms with van der Waals surface area (Å²) in [6.07, 6.45) is 2.28. The quantitative estimate of drug-likeness (QED) is 0.794. The van der Waals surface area contributed by atoms with Crippen molar-refractivity contribution >= 4 is 10.0 Å². The normalized spacial score (nSPS) is 16.1. The number of rotatable bonds is 6. The molecule has 5 heteroatoms. The number of hydrogen-bond donors (Lipinski definition) is 2. The van der Waals surface area contributed by atoms with E-state index >= 15 is 0 Å². The van der Waals surface area contributed by atoms with Crippen molar-refractivity contribution in [3.8, 4) is 0 Å². The predicted octanol–water partition coefficient (Wildman–Crippen LogP) is 0.975. The zero-order valence-electron chi connectivity index (χ0n) is 9.72.